The van der Waals surface area contributed by atoms with Gasteiger partial charge in [0.2, 0.25) is 0 Å². The topological polar surface area (TPSA) is 42.7 Å². The number of benzene rings is 1. The fourth-order valence-corrected chi connectivity index (χ4v) is 2.15. The lowest BCUT2D eigenvalue weighted by molar-refractivity contribution is 0.237. The molecule has 5 heteroatoms. The lowest BCUT2D eigenvalue weighted by atomic mass is 9.89. The van der Waals surface area contributed by atoms with Crippen LogP contribution in [0, 0.1) is 5.92 Å². The Morgan fingerprint density at radius 3 is 2.29 bits per heavy atom. The SMILES string of the molecule is Cl.c1ccc(C(C2CNC2)n2nccn2)cc1. The van der Waals surface area contributed by atoms with Gasteiger partial charge in [-0.2, -0.15) is 15.0 Å². The molecule has 1 aromatic carbocycles. The maximum absolute atomic E-state index is 4.27. The lowest BCUT2D eigenvalue weighted by Gasteiger charge is -2.34. The molecule has 0 radical (unpaired) electrons. The van der Waals surface area contributed by atoms with Crippen molar-refractivity contribution in [2.24, 2.45) is 5.92 Å². The van der Waals surface area contributed by atoms with Gasteiger partial charge >= 0.3 is 0 Å². The van der Waals surface area contributed by atoms with Gasteiger partial charge in [-0.25, -0.2) is 0 Å². The predicted octanol–water partition coefficient (Wildman–Crippen LogP) is 1.51. The highest BCUT2D eigenvalue weighted by Crippen LogP contribution is 2.27. The Hall–Kier alpha value is -1.39. The van der Waals surface area contributed by atoms with E-state index in [4.69, 9.17) is 0 Å². The lowest BCUT2D eigenvalue weighted by Crippen LogP contribution is -2.47. The van der Waals surface area contributed by atoms with Crippen molar-refractivity contribution < 1.29 is 0 Å². The highest BCUT2D eigenvalue weighted by Gasteiger charge is 2.30. The van der Waals surface area contributed by atoms with Crippen LogP contribution >= 0.6 is 12.4 Å². The van der Waals surface area contributed by atoms with Gasteiger partial charge in [0, 0.05) is 19.0 Å². The molecule has 0 saturated carbocycles. The van der Waals surface area contributed by atoms with E-state index >= 15 is 0 Å². The molecule has 1 aromatic heterocycles. The van der Waals surface area contributed by atoms with Crippen molar-refractivity contribution >= 4 is 12.4 Å². The van der Waals surface area contributed by atoms with E-state index < -0.39 is 0 Å². The maximum Gasteiger partial charge on any atom is 0.102 e. The van der Waals surface area contributed by atoms with Gasteiger partial charge in [-0.3, -0.25) is 0 Å². The van der Waals surface area contributed by atoms with E-state index in [-0.39, 0.29) is 18.4 Å². The number of hydrogen-bond acceptors (Lipinski definition) is 3. The fourth-order valence-electron chi connectivity index (χ4n) is 2.15. The van der Waals surface area contributed by atoms with Gasteiger partial charge in [0.1, 0.15) is 6.04 Å². The van der Waals surface area contributed by atoms with Crippen molar-refractivity contribution in [1.82, 2.24) is 20.3 Å². The number of aromatic nitrogens is 3. The summed E-state index contributed by atoms with van der Waals surface area (Å²) < 4.78 is 0. The highest BCUT2D eigenvalue weighted by molar-refractivity contribution is 5.85. The van der Waals surface area contributed by atoms with Gasteiger partial charge in [-0.05, 0) is 5.56 Å². The average molecular weight is 251 g/mol. The van der Waals surface area contributed by atoms with Gasteiger partial charge in [-0.1, -0.05) is 30.3 Å². The van der Waals surface area contributed by atoms with Crippen LogP contribution in [0.25, 0.3) is 0 Å². The van der Waals surface area contributed by atoms with Crippen molar-refractivity contribution in [1.29, 1.82) is 0 Å². The Labute approximate surface area is 106 Å². The first-order valence-electron chi connectivity index (χ1n) is 5.56. The molecular formula is C12H15ClN4. The van der Waals surface area contributed by atoms with Gasteiger partial charge in [0.25, 0.3) is 0 Å². The third-order valence-electron chi connectivity index (χ3n) is 3.09. The summed E-state index contributed by atoms with van der Waals surface area (Å²) >= 11 is 0. The van der Waals surface area contributed by atoms with E-state index in [1.54, 1.807) is 12.4 Å². The van der Waals surface area contributed by atoms with Crippen LogP contribution in [0.5, 0.6) is 0 Å². The number of nitrogens with one attached hydrogen (secondary N) is 1. The third-order valence-corrected chi connectivity index (χ3v) is 3.09. The smallest absolute Gasteiger partial charge is 0.102 e. The van der Waals surface area contributed by atoms with Crippen LogP contribution in [-0.4, -0.2) is 28.1 Å². The van der Waals surface area contributed by atoms with Crippen molar-refractivity contribution in [2.75, 3.05) is 13.1 Å². The molecule has 2 aromatic rings. The second kappa shape index (κ2) is 5.29. The molecule has 1 saturated heterocycles. The van der Waals surface area contributed by atoms with Crippen LogP contribution < -0.4 is 5.32 Å². The molecule has 2 heterocycles. The Morgan fingerprint density at radius 2 is 1.76 bits per heavy atom. The van der Waals surface area contributed by atoms with E-state index in [1.807, 2.05) is 10.9 Å². The summed E-state index contributed by atoms with van der Waals surface area (Å²) in [6, 6.07) is 10.7. The predicted molar refractivity (Wildman–Crippen MR) is 68.2 cm³/mol. The van der Waals surface area contributed by atoms with Crippen LogP contribution in [-0.2, 0) is 0 Å². The molecule has 1 aliphatic heterocycles. The zero-order valence-electron chi connectivity index (χ0n) is 9.36. The number of hydrogen-bond donors (Lipinski definition) is 1. The number of halogens is 1. The van der Waals surface area contributed by atoms with E-state index in [2.05, 4.69) is 39.8 Å². The fraction of sp³-hybridized carbons (Fsp3) is 0.333. The largest absolute Gasteiger partial charge is 0.316 e. The summed E-state index contributed by atoms with van der Waals surface area (Å²) in [5.41, 5.74) is 1.28. The molecule has 90 valence electrons. The van der Waals surface area contributed by atoms with E-state index in [9.17, 15) is 0 Å². The van der Waals surface area contributed by atoms with E-state index in [1.165, 1.54) is 5.56 Å². The summed E-state index contributed by atoms with van der Waals surface area (Å²) in [5.74, 6) is 0.592. The monoisotopic (exact) mass is 250 g/mol. The third kappa shape index (κ3) is 2.33. The molecule has 1 unspecified atom stereocenters. The van der Waals surface area contributed by atoms with Crippen molar-refractivity contribution in [3.63, 3.8) is 0 Å². The summed E-state index contributed by atoms with van der Waals surface area (Å²) in [7, 11) is 0. The summed E-state index contributed by atoms with van der Waals surface area (Å²) in [5, 5.41) is 11.9. The van der Waals surface area contributed by atoms with E-state index in [0.717, 1.165) is 13.1 Å². The van der Waals surface area contributed by atoms with E-state index in [0.29, 0.717) is 5.92 Å². The first-order chi connectivity index (χ1) is 7.95. The van der Waals surface area contributed by atoms with Gasteiger partial charge < -0.3 is 5.32 Å². The summed E-state index contributed by atoms with van der Waals surface area (Å²) in [6.07, 6.45) is 3.48. The second-order valence-electron chi connectivity index (χ2n) is 4.12. The van der Waals surface area contributed by atoms with Crippen molar-refractivity contribution in [3.05, 3.63) is 48.3 Å². The first-order valence-corrected chi connectivity index (χ1v) is 5.56. The Kier molecular flexibility index (Phi) is 3.76. The van der Waals surface area contributed by atoms with Gasteiger partial charge in [0.15, 0.2) is 0 Å². The molecular weight excluding hydrogens is 236 g/mol. The molecule has 1 aliphatic rings. The number of rotatable bonds is 3. The number of nitrogens with zero attached hydrogens (tertiary/aromatic N) is 3. The minimum atomic E-state index is 0. The zero-order chi connectivity index (χ0) is 10.8. The minimum Gasteiger partial charge on any atom is -0.316 e. The molecule has 0 spiro atoms. The van der Waals surface area contributed by atoms with Gasteiger partial charge in [-0.15, -0.1) is 12.4 Å². The molecule has 1 atom stereocenters. The quantitative estimate of drug-likeness (QED) is 0.898. The average Bonchev–Trinajstić information content (AvgIpc) is 2.77. The van der Waals surface area contributed by atoms with Crippen LogP contribution in [0.15, 0.2) is 42.7 Å². The molecule has 4 nitrogen and oxygen atoms in total. The molecule has 3 rings (SSSR count). The highest BCUT2D eigenvalue weighted by atomic mass is 35.5. The van der Waals surface area contributed by atoms with Crippen molar-refractivity contribution in [2.45, 2.75) is 6.04 Å². The first kappa shape index (κ1) is 12.1. The molecule has 0 aliphatic carbocycles. The van der Waals surface area contributed by atoms with Crippen LogP contribution in [0.4, 0.5) is 0 Å². The van der Waals surface area contributed by atoms with Gasteiger partial charge in [0.05, 0.1) is 12.4 Å². The summed E-state index contributed by atoms with van der Waals surface area (Å²) in [6.45, 7) is 2.09. The summed E-state index contributed by atoms with van der Waals surface area (Å²) in [4.78, 5) is 1.82. The van der Waals surface area contributed by atoms with Crippen LogP contribution in [0.2, 0.25) is 0 Å². The molecule has 1 fully saturated rings. The maximum atomic E-state index is 4.27. The molecule has 17 heavy (non-hydrogen) atoms. The Balaban J connectivity index is 0.00000108. The van der Waals surface area contributed by atoms with Crippen LogP contribution in [0.3, 0.4) is 0 Å². The normalized spacial score (nSPS) is 16.9. The van der Waals surface area contributed by atoms with Crippen molar-refractivity contribution in [3.8, 4) is 0 Å². The molecule has 0 bridgehead atoms. The Morgan fingerprint density at radius 1 is 1.12 bits per heavy atom. The second-order valence-corrected chi connectivity index (χ2v) is 4.12. The minimum absolute atomic E-state index is 0. The standard InChI is InChI=1S/C12H14N4.ClH/c1-2-4-10(5-3-1)12(11-8-13-9-11)16-14-6-7-15-16;/h1-7,11-13H,8-9H2;1H. The van der Waals surface area contributed by atoms with Crippen LogP contribution in [0.1, 0.15) is 11.6 Å². The Bertz CT molecular complexity index is 439. The zero-order valence-corrected chi connectivity index (χ0v) is 10.2. The molecule has 0 amide bonds. The molecule has 1 N–H and O–H groups in total.